The van der Waals surface area contributed by atoms with Crippen LogP contribution < -0.4 is 5.32 Å². The van der Waals surface area contributed by atoms with Crippen molar-refractivity contribution >= 4 is 17.7 Å². The van der Waals surface area contributed by atoms with Crippen molar-refractivity contribution in [3.05, 3.63) is 29.3 Å². The number of likely N-dealkylation sites (tertiary alicyclic amines) is 1. The maximum Gasteiger partial charge on any atom is 0.321 e. The fourth-order valence-corrected chi connectivity index (χ4v) is 2.35. The van der Waals surface area contributed by atoms with Crippen molar-refractivity contribution in [1.82, 2.24) is 4.90 Å². The first kappa shape index (κ1) is 14.4. The number of piperidine rings is 1. The van der Waals surface area contributed by atoms with Crippen molar-refractivity contribution < 1.29 is 14.7 Å². The molecule has 0 bridgehead atoms. The van der Waals surface area contributed by atoms with Crippen LogP contribution in [0.25, 0.3) is 0 Å². The van der Waals surface area contributed by atoms with Crippen LogP contribution in [-0.4, -0.2) is 35.1 Å². The maximum atomic E-state index is 12.1. The molecule has 0 aromatic heterocycles. The number of hydrogen-bond donors (Lipinski definition) is 2. The molecule has 2 amide bonds. The van der Waals surface area contributed by atoms with Gasteiger partial charge in [-0.15, -0.1) is 0 Å². The van der Waals surface area contributed by atoms with Crippen LogP contribution in [0.15, 0.2) is 18.2 Å². The van der Waals surface area contributed by atoms with E-state index >= 15 is 0 Å². The molecule has 0 aliphatic carbocycles. The highest BCUT2D eigenvalue weighted by molar-refractivity contribution is 5.89. The molecular weight excluding hydrogens is 256 g/mol. The first-order chi connectivity index (χ1) is 9.47. The molecule has 2 N–H and O–H groups in total. The molecule has 0 atom stereocenters. The monoisotopic (exact) mass is 276 g/mol. The van der Waals surface area contributed by atoms with Crippen LogP contribution in [-0.2, 0) is 4.79 Å². The number of amides is 2. The van der Waals surface area contributed by atoms with Crippen molar-refractivity contribution in [2.75, 3.05) is 18.4 Å². The van der Waals surface area contributed by atoms with Crippen molar-refractivity contribution in [2.45, 2.75) is 26.7 Å². The molecule has 0 saturated carbocycles. The van der Waals surface area contributed by atoms with E-state index in [0.29, 0.717) is 25.9 Å². The Balaban J connectivity index is 1.92. The number of carbonyl (C=O) groups is 2. The Kier molecular flexibility index (Phi) is 4.27. The second-order valence-electron chi connectivity index (χ2n) is 5.33. The number of benzene rings is 1. The molecule has 1 aromatic rings. The number of carboxylic acid groups (broad SMARTS) is 1. The molecule has 1 aliphatic heterocycles. The van der Waals surface area contributed by atoms with Crippen LogP contribution in [0.5, 0.6) is 0 Å². The normalized spacial score (nSPS) is 16.0. The Bertz CT molecular complexity index is 520. The summed E-state index contributed by atoms with van der Waals surface area (Å²) in [5.74, 6) is -1.08. The van der Waals surface area contributed by atoms with E-state index in [1.54, 1.807) is 4.90 Å². The lowest BCUT2D eigenvalue weighted by Gasteiger charge is -2.30. The average Bonchev–Trinajstić information content (AvgIpc) is 2.43. The summed E-state index contributed by atoms with van der Waals surface area (Å²) in [6, 6.07) is 5.64. The zero-order valence-corrected chi connectivity index (χ0v) is 11.8. The van der Waals surface area contributed by atoms with Gasteiger partial charge < -0.3 is 15.3 Å². The van der Waals surface area contributed by atoms with E-state index in [1.807, 2.05) is 32.0 Å². The van der Waals surface area contributed by atoms with Crippen LogP contribution >= 0.6 is 0 Å². The molecule has 1 aliphatic rings. The SMILES string of the molecule is Cc1ccc(NC(=O)N2CCC(C(=O)O)CC2)cc1C. The lowest BCUT2D eigenvalue weighted by atomic mass is 9.97. The number of hydrogen-bond acceptors (Lipinski definition) is 2. The average molecular weight is 276 g/mol. The third kappa shape index (κ3) is 3.29. The highest BCUT2D eigenvalue weighted by atomic mass is 16.4. The van der Waals surface area contributed by atoms with Crippen molar-refractivity contribution in [3.8, 4) is 0 Å². The number of aryl methyl sites for hydroxylation is 2. The molecule has 1 fully saturated rings. The zero-order chi connectivity index (χ0) is 14.7. The Morgan fingerprint density at radius 1 is 1.20 bits per heavy atom. The summed E-state index contributed by atoms with van der Waals surface area (Å²) in [6.07, 6.45) is 1.05. The predicted octanol–water partition coefficient (Wildman–Crippen LogP) is 2.63. The lowest BCUT2D eigenvalue weighted by Crippen LogP contribution is -2.42. The third-order valence-electron chi connectivity index (χ3n) is 3.89. The van der Waals surface area contributed by atoms with Gasteiger partial charge in [-0.3, -0.25) is 4.79 Å². The summed E-state index contributed by atoms with van der Waals surface area (Å²) in [6.45, 7) is 5.02. The van der Waals surface area contributed by atoms with Gasteiger partial charge in [-0.2, -0.15) is 0 Å². The van der Waals surface area contributed by atoms with Crippen molar-refractivity contribution in [2.24, 2.45) is 5.92 Å². The lowest BCUT2D eigenvalue weighted by molar-refractivity contribution is -0.143. The molecule has 0 spiro atoms. The number of aliphatic carboxylic acids is 1. The smallest absolute Gasteiger partial charge is 0.321 e. The van der Waals surface area contributed by atoms with Gasteiger partial charge in [0.25, 0.3) is 0 Å². The fourth-order valence-electron chi connectivity index (χ4n) is 2.35. The topological polar surface area (TPSA) is 69.6 Å². The van der Waals surface area contributed by atoms with E-state index in [0.717, 1.165) is 11.3 Å². The first-order valence-electron chi connectivity index (χ1n) is 6.83. The summed E-state index contributed by atoms with van der Waals surface area (Å²) in [5, 5.41) is 11.8. The van der Waals surface area contributed by atoms with Gasteiger partial charge in [0.15, 0.2) is 0 Å². The van der Waals surface area contributed by atoms with Crippen LogP contribution in [0.4, 0.5) is 10.5 Å². The van der Waals surface area contributed by atoms with Gasteiger partial charge in [-0.05, 0) is 49.9 Å². The summed E-state index contributed by atoms with van der Waals surface area (Å²) < 4.78 is 0. The second-order valence-corrected chi connectivity index (χ2v) is 5.33. The number of nitrogens with one attached hydrogen (secondary N) is 1. The summed E-state index contributed by atoms with van der Waals surface area (Å²) in [5.41, 5.74) is 3.09. The van der Waals surface area contributed by atoms with Gasteiger partial charge in [-0.25, -0.2) is 4.79 Å². The van der Waals surface area contributed by atoms with Gasteiger partial charge in [0.2, 0.25) is 0 Å². The van der Waals surface area contributed by atoms with E-state index in [4.69, 9.17) is 5.11 Å². The first-order valence-corrected chi connectivity index (χ1v) is 6.83. The van der Waals surface area contributed by atoms with Gasteiger partial charge >= 0.3 is 12.0 Å². The maximum absolute atomic E-state index is 12.1. The number of anilines is 1. The molecule has 1 aromatic carbocycles. The minimum atomic E-state index is -0.765. The van der Waals surface area contributed by atoms with Crippen LogP contribution in [0.2, 0.25) is 0 Å². The summed E-state index contributed by atoms with van der Waals surface area (Å²) in [4.78, 5) is 24.7. The van der Waals surface area contributed by atoms with E-state index in [1.165, 1.54) is 5.56 Å². The highest BCUT2D eigenvalue weighted by Gasteiger charge is 2.26. The molecular formula is C15H20N2O3. The molecule has 108 valence electrons. The van der Waals surface area contributed by atoms with Crippen LogP contribution in [0.3, 0.4) is 0 Å². The minimum absolute atomic E-state index is 0.155. The molecule has 0 unspecified atom stereocenters. The summed E-state index contributed by atoms with van der Waals surface area (Å²) in [7, 11) is 0. The van der Waals surface area contributed by atoms with Crippen molar-refractivity contribution in [1.29, 1.82) is 0 Å². The van der Waals surface area contributed by atoms with Crippen LogP contribution in [0.1, 0.15) is 24.0 Å². The second kappa shape index (κ2) is 5.94. The van der Waals surface area contributed by atoms with Gasteiger partial charge in [-0.1, -0.05) is 6.07 Å². The van der Waals surface area contributed by atoms with Gasteiger partial charge in [0.1, 0.15) is 0 Å². The molecule has 1 heterocycles. The molecule has 2 rings (SSSR count). The Labute approximate surface area is 118 Å². The quantitative estimate of drug-likeness (QED) is 0.872. The Hall–Kier alpha value is -2.04. The number of carboxylic acids is 1. The van der Waals surface area contributed by atoms with Crippen molar-refractivity contribution in [3.63, 3.8) is 0 Å². The standard InChI is InChI=1S/C15H20N2O3/c1-10-3-4-13(9-11(10)2)16-15(20)17-7-5-12(6-8-17)14(18)19/h3-4,9,12H,5-8H2,1-2H3,(H,16,20)(H,18,19). The number of carbonyl (C=O) groups excluding carboxylic acids is 1. The highest BCUT2D eigenvalue weighted by Crippen LogP contribution is 2.19. The fraction of sp³-hybridized carbons (Fsp3) is 0.467. The molecule has 1 saturated heterocycles. The third-order valence-corrected chi connectivity index (χ3v) is 3.89. The zero-order valence-electron chi connectivity index (χ0n) is 11.8. The molecule has 20 heavy (non-hydrogen) atoms. The summed E-state index contributed by atoms with van der Waals surface area (Å²) >= 11 is 0. The number of urea groups is 1. The predicted molar refractivity (Wildman–Crippen MR) is 76.9 cm³/mol. The molecule has 5 heteroatoms. The van der Waals surface area contributed by atoms with E-state index in [9.17, 15) is 9.59 Å². The van der Waals surface area contributed by atoms with E-state index in [-0.39, 0.29) is 11.9 Å². The van der Waals surface area contributed by atoms with E-state index in [2.05, 4.69) is 5.32 Å². The largest absolute Gasteiger partial charge is 0.481 e. The van der Waals surface area contributed by atoms with Gasteiger partial charge in [0, 0.05) is 18.8 Å². The Morgan fingerprint density at radius 2 is 1.85 bits per heavy atom. The number of nitrogens with zero attached hydrogens (tertiary/aromatic N) is 1. The minimum Gasteiger partial charge on any atom is -0.481 e. The van der Waals surface area contributed by atoms with E-state index < -0.39 is 5.97 Å². The molecule has 0 radical (unpaired) electrons. The van der Waals surface area contributed by atoms with Crippen LogP contribution in [0, 0.1) is 19.8 Å². The molecule has 5 nitrogen and oxygen atoms in total. The number of rotatable bonds is 2. The Morgan fingerprint density at radius 3 is 2.40 bits per heavy atom. The van der Waals surface area contributed by atoms with Gasteiger partial charge in [0.05, 0.1) is 5.92 Å².